The minimum absolute atomic E-state index is 0. The van der Waals surface area contributed by atoms with E-state index in [4.69, 9.17) is 14.0 Å². The van der Waals surface area contributed by atoms with Crippen LogP contribution >= 0.6 is 31.7 Å². The molecule has 3 nitrogen and oxygen atoms in total. The van der Waals surface area contributed by atoms with E-state index in [0.29, 0.717) is 0 Å². The van der Waals surface area contributed by atoms with Crippen LogP contribution in [0.1, 0.15) is 0 Å². The molecule has 0 spiro atoms. The molecule has 0 aromatic heterocycles. The Morgan fingerprint density at radius 1 is 0.210 bits per heavy atom. The summed E-state index contributed by atoms with van der Waals surface area (Å²) < 4.78 is 22.5. The Labute approximate surface area is 399 Å². The summed E-state index contributed by atoms with van der Waals surface area (Å²) in [6.45, 7) is 13.5. The maximum atomic E-state index is 7.50. The normalized spacial score (nSPS) is 9.71. The third kappa shape index (κ3) is 16.9. The summed E-state index contributed by atoms with van der Waals surface area (Å²) in [4.78, 5) is 0. The Balaban J connectivity index is 0.000000370. The van der Waals surface area contributed by atoms with E-state index >= 15 is 0 Å². The summed E-state index contributed by atoms with van der Waals surface area (Å²) in [5.74, 6) is 2.35. The van der Waals surface area contributed by atoms with Gasteiger partial charge in [0.25, 0.3) is 0 Å². The largest absolute Gasteiger partial charge is 0.0622 e. The molecule has 8 rings (SSSR count). The maximum absolute atomic E-state index is 7.50. The van der Waals surface area contributed by atoms with Gasteiger partial charge in [-0.3, -0.25) is 0 Å². The predicted molar refractivity (Wildman–Crippen MR) is 258 cm³/mol. The van der Waals surface area contributed by atoms with E-state index in [-0.39, 0.29) is 40.2 Å². The van der Waals surface area contributed by atoms with Gasteiger partial charge in [-0.25, -0.2) is 0 Å². The molecule has 8 aromatic rings. The molecule has 312 valence electrons. The zero-order valence-electron chi connectivity index (χ0n) is 33.7. The number of rotatable bonds is 12. The molecule has 0 aliphatic rings. The summed E-state index contributed by atoms with van der Waals surface area (Å²) >= 11 is 0. The van der Waals surface area contributed by atoms with Crippen molar-refractivity contribution in [2.24, 2.45) is 0 Å². The molecule has 8 aromatic carbocycles. The predicted octanol–water partition coefficient (Wildman–Crippen LogP) is 10.3. The molecule has 0 fully saturated rings. The molecule has 0 saturated carbocycles. The van der Waals surface area contributed by atoms with Gasteiger partial charge in [0.2, 0.25) is 0 Å². The van der Waals surface area contributed by atoms with Gasteiger partial charge in [0.05, 0.1) is 0 Å². The molecule has 0 aliphatic carbocycles. The molecule has 0 atom stereocenters. The van der Waals surface area contributed by atoms with E-state index in [0.717, 1.165) is 0 Å². The molecule has 0 heterocycles. The SMILES string of the molecule is [C-]#[O+].[C-]#[O+].[C-]#[O+].[Ir].[Ir].c1ccc(P(CP(c2ccccc2)c2ccccc2)c2ccccc2)cc1.c1ccc(P(CP(c2ccccc2)c2ccccc2)c2ccccc2)cc1. The fraction of sp³-hybridized carbons (Fsp3) is 0.0377. The monoisotopic (exact) mass is 1240 g/mol. The van der Waals surface area contributed by atoms with Gasteiger partial charge in [-0.1, -0.05) is 243 Å². The van der Waals surface area contributed by atoms with E-state index in [1.165, 1.54) is 54.2 Å². The average Bonchev–Trinajstić information content (AvgIpc) is 3.36. The first-order valence-electron chi connectivity index (χ1n) is 19.0. The quantitative estimate of drug-likeness (QED) is 0.0665. The van der Waals surface area contributed by atoms with Gasteiger partial charge >= 0.3 is 33.9 Å². The van der Waals surface area contributed by atoms with E-state index in [2.05, 4.69) is 263 Å². The molecule has 0 bridgehead atoms. The van der Waals surface area contributed by atoms with Crippen molar-refractivity contribution in [3.05, 3.63) is 263 Å². The van der Waals surface area contributed by atoms with Gasteiger partial charge in [0.15, 0.2) is 0 Å². The van der Waals surface area contributed by atoms with E-state index < -0.39 is 31.7 Å². The van der Waals surface area contributed by atoms with Gasteiger partial charge in [-0.2, -0.15) is 0 Å². The molecule has 0 N–H and O–H groups in total. The first kappa shape index (κ1) is 54.1. The van der Waals surface area contributed by atoms with Crippen molar-refractivity contribution in [2.45, 2.75) is 0 Å². The second kappa shape index (κ2) is 32.6. The van der Waals surface area contributed by atoms with Crippen LogP contribution in [0.4, 0.5) is 0 Å². The summed E-state index contributed by atoms with van der Waals surface area (Å²) in [5.41, 5.74) is 0. The molecule has 0 aliphatic heterocycles. The molecule has 9 heteroatoms. The van der Waals surface area contributed by atoms with Gasteiger partial charge in [-0.15, -0.1) is 0 Å². The summed E-state index contributed by atoms with van der Waals surface area (Å²) in [7, 11) is -1.63. The smallest absolute Gasteiger partial charge is 0.00405 e. The second-order valence-corrected chi connectivity index (χ2v) is 22.5. The number of hydrogen-bond acceptors (Lipinski definition) is 0. The Morgan fingerprint density at radius 2 is 0.306 bits per heavy atom. The van der Waals surface area contributed by atoms with E-state index in [1.807, 2.05) is 0 Å². The fourth-order valence-corrected chi connectivity index (χ4v) is 19.3. The van der Waals surface area contributed by atoms with E-state index in [1.54, 1.807) is 0 Å². The molecule has 62 heavy (non-hydrogen) atoms. The van der Waals surface area contributed by atoms with Crippen LogP contribution in [-0.2, 0) is 54.2 Å². The van der Waals surface area contributed by atoms with Crippen molar-refractivity contribution in [3.8, 4) is 0 Å². The van der Waals surface area contributed by atoms with Crippen molar-refractivity contribution >= 4 is 74.1 Å². The van der Waals surface area contributed by atoms with Gasteiger partial charge in [0.1, 0.15) is 0 Å². The minimum Gasteiger partial charge on any atom is -0.0622 e. The third-order valence-corrected chi connectivity index (χ3v) is 21.0. The van der Waals surface area contributed by atoms with Crippen molar-refractivity contribution in [1.29, 1.82) is 0 Å². The zero-order chi connectivity index (χ0) is 42.6. The van der Waals surface area contributed by atoms with Crippen molar-refractivity contribution in [1.82, 2.24) is 0 Å². The summed E-state index contributed by atoms with van der Waals surface area (Å²) in [6, 6.07) is 88.3. The number of benzene rings is 8. The molecule has 0 saturated heterocycles. The van der Waals surface area contributed by atoms with Crippen LogP contribution in [-0.4, -0.2) is 11.8 Å². The first-order chi connectivity index (χ1) is 29.8. The topological polar surface area (TPSA) is 59.7 Å². The van der Waals surface area contributed by atoms with Crippen LogP contribution in [0.2, 0.25) is 0 Å². The van der Waals surface area contributed by atoms with Crippen LogP contribution in [0.15, 0.2) is 243 Å². The summed E-state index contributed by atoms with van der Waals surface area (Å²) in [6.07, 6.45) is 0. The Bertz CT molecular complexity index is 1880. The second-order valence-electron chi connectivity index (χ2n) is 12.7. The molecule has 0 unspecified atom stereocenters. The van der Waals surface area contributed by atoms with Crippen LogP contribution in [0.5, 0.6) is 0 Å². The van der Waals surface area contributed by atoms with Crippen LogP contribution in [0.3, 0.4) is 0 Å². The van der Waals surface area contributed by atoms with Crippen molar-refractivity contribution in [2.75, 3.05) is 11.8 Å². The molecular formula is C53H44Ir2O3P4. The van der Waals surface area contributed by atoms with Crippen LogP contribution in [0.25, 0.3) is 0 Å². The van der Waals surface area contributed by atoms with Gasteiger partial charge < -0.3 is 0 Å². The molecule has 0 amide bonds. The Kier molecular flexibility index (Phi) is 28.5. The van der Waals surface area contributed by atoms with E-state index in [9.17, 15) is 0 Å². The minimum atomic E-state index is -0.409. The fourth-order valence-electron chi connectivity index (χ4n) is 6.40. The maximum Gasteiger partial charge on any atom is 0.00405 e. The first-order valence-corrected chi connectivity index (χ1v) is 25.1. The third-order valence-electron chi connectivity index (χ3n) is 9.11. The Hall–Kier alpha value is -4.00. The van der Waals surface area contributed by atoms with Crippen LogP contribution in [0, 0.1) is 20.0 Å². The standard InChI is InChI=1S/2C25H22P2.3CO.2Ir/c2*1-5-13-22(14-6-1)26(23-15-7-2-8-16-23)21-27(24-17-9-3-10-18-24)25-19-11-4-12-20-25;3*1-2;;/h2*1-20H,21H2;;;;;. The van der Waals surface area contributed by atoms with Crippen LogP contribution < -0.4 is 42.4 Å². The zero-order valence-corrected chi connectivity index (χ0v) is 42.1. The van der Waals surface area contributed by atoms with Gasteiger partial charge in [-0.05, 0) is 74.1 Å². The molecule has 2 radical (unpaired) electrons. The average molecular weight is 1240 g/mol. The van der Waals surface area contributed by atoms with Gasteiger partial charge in [0, 0.05) is 52.0 Å². The summed E-state index contributed by atoms with van der Waals surface area (Å²) in [5, 5.41) is 11.7. The molecular weight excluding hydrogens is 1190 g/mol. The number of hydrogen-bond donors (Lipinski definition) is 0. The van der Waals surface area contributed by atoms with Crippen molar-refractivity contribution < 1.29 is 54.2 Å². The van der Waals surface area contributed by atoms with Crippen molar-refractivity contribution in [3.63, 3.8) is 0 Å². The Morgan fingerprint density at radius 3 is 0.403 bits per heavy atom.